The molecule has 1 heterocycles. The number of hydrogen-bond acceptors (Lipinski definition) is 6. The first-order chi connectivity index (χ1) is 9.73. The van der Waals surface area contributed by atoms with Crippen molar-refractivity contribution in [1.29, 1.82) is 0 Å². The molecule has 10 heteroatoms. The molecule has 0 radical (unpaired) electrons. The summed E-state index contributed by atoms with van der Waals surface area (Å²) >= 11 is 17.9. The van der Waals surface area contributed by atoms with E-state index in [4.69, 9.17) is 46.3 Å². The topological polar surface area (TPSA) is 121 Å². The van der Waals surface area contributed by atoms with Gasteiger partial charge in [-0.3, -0.25) is 10.1 Å². The summed E-state index contributed by atoms with van der Waals surface area (Å²) in [4.78, 5) is 18.0. The Balaban J connectivity index is 2.81. The van der Waals surface area contributed by atoms with Crippen LogP contribution in [0.1, 0.15) is 5.69 Å². The second kappa shape index (κ2) is 5.51. The minimum absolute atomic E-state index is 0.00368. The smallest absolute Gasteiger partial charge is 0.307 e. The third-order valence-corrected chi connectivity index (χ3v) is 3.87. The van der Waals surface area contributed by atoms with Crippen LogP contribution < -0.4 is 11.5 Å². The van der Waals surface area contributed by atoms with Crippen molar-refractivity contribution < 1.29 is 4.92 Å². The van der Waals surface area contributed by atoms with Gasteiger partial charge in [-0.2, -0.15) is 4.98 Å². The maximum Gasteiger partial charge on any atom is 0.307 e. The van der Waals surface area contributed by atoms with Gasteiger partial charge in [-0.1, -0.05) is 34.8 Å². The summed E-state index contributed by atoms with van der Waals surface area (Å²) in [7, 11) is 0. The van der Waals surface area contributed by atoms with E-state index in [1.807, 2.05) is 0 Å². The second-order valence-corrected chi connectivity index (χ2v) is 5.23. The normalized spacial score (nSPS) is 10.7. The van der Waals surface area contributed by atoms with Gasteiger partial charge in [0.25, 0.3) is 0 Å². The lowest BCUT2D eigenvalue weighted by Crippen LogP contribution is -2.05. The third-order valence-electron chi connectivity index (χ3n) is 2.72. The molecule has 0 bridgehead atoms. The number of nitro benzene ring substituents is 1. The molecule has 0 aliphatic carbocycles. The molecule has 0 aliphatic rings. The van der Waals surface area contributed by atoms with Gasteiger partial charge in [0.2, 0.25) is 5.95 Å². The van der Waals surface area contributed by atoms with Crippen LogP contribution in [0.4, 0.5) is 17.5 Å². The van der Waals surface area contributed by atoms with Crippen molar-refractivity contribution in [3.8, 4) is 11.1 Å². The van der Waals surface area contributed by atoms with Gasteiger partial charge in [0, 0.05) is 11.1 Å². The standard InChI is InChI=1S/C11H8Cl3N5O2/c1-3-6(10(15)18-11(16)17-3)4-2-5(12)9(19(20)21)8(14)7(4)13/h2H,1H3,(H4,15,16,17,18). The number of hydrogen-bond donors (Lipinski definition) is 2. The van der Waals surface area contributed by atoms with Crippen LogP contribution in [-0.2, 0) is 0 Å². The quantitative estimate of drug-likeness (QED) is 0.487. The van der Waals surface area contributed by atoms with Crippen molar-refractivity contribution in [1.82, 2.24) is 9.97 Å². The highest BCUT2D eigenvalue weighted by atomic mass is 35.5. The number of nitrogens with two attached hydrogens (primary N) is 2. The van der Waals surface area contributed by atoms with Crippen molar-refractivity contribution in [2.45, 2.75) is 6.92 Å². The summed E-state index contributed by atoms with van der Waals surface area (Å²) in [6.45, 7) is 1.64. The van der Waals surface area contributed by atoms with Crippen LogP contribution in [0.2, 0.25) is 15.1 Å². The number of nitro groups is 1. The van der Waals surface area contributed by atoms with Gasteiger partial charge in [0.05, 0.1) is 15.6 Å². The van der Waals surface area contributed by atoms with Gasteiger partial charge in [-0.25, -0.2) is 4.98 Å². The zero-order chi connectivity index (χ0) is 15.9. The zero-order valence-electron chi connectivity index (χ0n) is 10.5. The first-order valence-corrected chi connectivity index (χ1v) is 6.59. The molecule has 0 amide bonds. The number of aryl methyl sites for hydroxylation is 1. The molecule has 0 unspecified atom stereocenters. The molecule has 0 saturated carbocycles. The van der Waals surface area contributed by atoms with Gasteiger partial charge in [0.1, 0.15) is 15.9 Å². The fourth-order valence-electron chi connectivity index (χ4n) is 1.88. The number of anilines is 2. The monoisotopic (exact) mass is 347 g/mol. The minimum Gasteiger partial charge on any atom is -0.383 e. The molecule has 21 heavy (non-hydrogen) atoms. The zero-order valence-corrected chi connectivity index (χ0v) is 12.8. The molecule has 0 atom stereocenters. The van der Waals surface area contributed by atoms with Crippen LogP contribution >= 0.6 is 34.8 Å². The van der Waals surface area contributed by atoms with Crippen LogP contribution in [-0.4, -0.2) is 14.9 Å². The molecule has 0 fully saturated rings. The van der Waals surface area contributed by atoms with Crippen LogP contribution in [0.25, 0.3) is 11.1 Å². The summed E-state index contributed by atoms with van der Waals surface area (Å²) in [6.07, 6.45) is 0. The van der Waals surface area contributed by atoms with E-state index in [1.165, 1.54) is 6.07 Å². The number of nitrogens with zero attached hydrogens (tertiary/aromatic N) is 3. The molecule has 2 rings (SSSR count). The van der Waals surface area contributed by atoms with E-state index in [1.54, 1.807) is 6.92 Å². The van der Waals surface area contributed by atoms with Crippen molar-refractivity contribution in [3.63, 3.8) is 0 Å². The lowest BCUT2D eigenvalue weighted by atomic mass is 10.0. The largest absolute Gasteiger partial charge is 0.383 e. The Morgan fingerprint density at radius 3 is 2.33 bits per heavy atom. The van der Waals surface area contributed by atoms with Crippen molar-refractivity contribution in [2.24, 2.45) is 0 Å². The van der Waals surface area contributed by atoms with Gasteiger partial charge < -0.3 is 11.5 Å². The highest BCUT2D eigenvalue weighted by Gasteiger charge is 2.26. The Hall–Kier alpha value is -1.83. The van der Waals surface area contributed by atoms with E-state index >= 15 is 0 Å². The van der Waals surface area contributed by atoms with E-state index in [0.29, 0.717) is 16.8 Å². The average Bonchev–Trinajstić information content (AvgIpc) is 2.33. The molecule has 0 spiro atoms. The first kappa shape index (κ1) is 15.6. The van der Waals surface area contributed by atoms with E-state index in [0.717, 1.165) is 0 Å². The van der Waals surface area contributed by atoms with E-state index in [9.17, 15) is 10.1 Å². The molecule has 0 aliphatic heterocycles. The highest BCUT2D eigenvalue weighted by molar-refractivity contribution is 6.47. The molecule has 0 saturated heterocycles. The Kier molecular flexibility index (Phi) is 4.08. The van der Waals surface area contributed by atoms with E-state index < -0.39 is 10.6 Å². The van der Waals surface area contributed by atoms with Crippen molar-refractivity contribution >= 4 is 52.3 Å². The molecule has 110 valence electrons. The van der Waals surface area contributed by atoms with Crippen molar-refractivity contribution in [2.75, 3.05) is 11.5 Å². The predicted octanol–water partition coefficient (Wildman–Crippen LogP) is 3.48. The summed E-state index contributed by atoms with van der Waals surface area (Å²) in [5, 5.41) is 10.4. The van der Waals surface area contributed by atoms with Gasteiger partial charge in [-0.05, 0) is 13.0 Å². The maximum absolute atomic E-state index is 10.9. The predicted molar refractivity (Wildman–Crippen MR) is 82.7 cm³/mol. The fraction of sp³-hybridized carbons (Fsp3) is 0.0909. The van der Waals surface area contributed by atoms with Gasteiger partial charge in [0.15, 0.2) is 0 Å². The number of aromatic nitrogens is 2. The molecule has 4 N–H and O–H groups in total. The molecular formula is C11H8Cl3N5O2. The van der Waals surface area contributed by atoms with Gasteiger partial charge >= 0.3 is 5.69 Å². The van der Waals surface area contributed by atoms with Crippen LogP contribution in [0.15, 0.2) is 6.07 Å². The third kappa shape index (κ3) is 2.67. The lowest BCUT2D eigenvalue weighted by molar-refractivity contribution is -0.384. The van der Waals surface area contributed by atoms with Crippen LogP contribution in [0.5, 0.6) is 0 Å². The molecule has 7 nitrogen and oxygen atoms in total. The molecule has 2 aromatic rings. The SMILES string of the molecule is Cc1nc(N)nc(N)c1-c1cc(Cl)c([N+](=O)[O-])c(Cl)c1Cl. The molecule has 1 aromatic heterocycles. The van der Waals surface area contributed by atoms with Crippen molar-refractivity contribution in [3.05, 3.63) is 36.9 Å². The van der Waals surface area contributed by atoms with Crippen LogP contribution in [0, 0.1) is 17.0 Å². The highest BCUT2D eigenvalue weighted by Crippen LogP contribution is 2.45. The minimum atomic E-state index is -0.712. The van der Waals surface area contributed by atoms with Gasteiger partial charge in [-0.15, -0.1) is 0 Å². The second-order valence-electron chi connectivity index (χ2n) is 4.07. The number of halogens is 3. The molecule has 1 aromatic carbocycles. The average molecular weight is 349 g/mol. The Labute approximate surface area is 134 Å². The number of benzene rings is 1. The Morgan fingerprint density at radius 1 is 1.19 bits per heavy atom. The number of rotatable bonds is 2. The first-order valence-electron chi connectivity index (χ1n) is 5.45. The van der Waals surface area contributed by atoms with E-state index in [2.05, 4.69) is 9.97 Å². The summed E-state index contributed by atoms with van der Waals surface area (Å²) in [5.41, 5.74) is 11.9. The Bertz CT molecular complexity index is 743. The summed E-state index contributed by atoms with van der Waals surface area (Å²) < 4.78 is 0. The number of nitrogen functional groups attached to an aromatic ring is 2. The Morgan fingerprint density at radius 2 is 1.81 bits per heavy atom. The fourth-order valence-corrected chi connectivity index (χ4v) is 2.72. The lowest BCUT2D eigenvalue weighted by Gasteiger charge is -2.12. The summed E-state index contributed by atoms with van der Waals surface area (Å²) in [5.74, 6) is 0.0758. The van der Waals surface area contributed by atoms with Crippen LogP contribution in [0.3, 0.4) is 0 Å². The molecular weight excluding hydrogens is 341 g/mol. The van der Waals surface area contributed by atoms with E-state index in [-0.39, 0.29) is 26.8 Å². The summed E-state index contributed by atoms with van der Waals surface area (Å²) in [6, 6.07) is 1.30. The maximum atomic E-state index is 10.9.